The van der Waals surface area contributed by atoms with Crippen LogP contribution in [0, 0.1) is 17.8 Å². The molecular formula is C16H24F3NO3. The number of nitrogens with one attached hydrogen (secondary N) is 1. The maximum Gasteiger partial charge on any atom is 0.392 e. The number of carbonyl (C=O) groups excluding carboxylic acids is 1. The fourth-order valence-corrected chi connectivity index (χ4v) is 5.36. The van der Waals surface area contributed by atoms with Crippen molar-refractivity contribution in [2.24, 2.45) is 17.8 Å². The first-order chi connectivity index (χ1) is 10.4. The Morgan fingerprint density at radius 2 is 1.61 bits per heavy atom. The van der Waals surface area contributed by atoms with Crippen LogP contribution in [0.15, 0.2) is 0 Å². The molecule has 0 aromatic carbocycles. The number of aliphatic hydroxyl groups is 2. The Morgan fingerprint density at radius 1 is 1.09 bits per heavy atom. The molecular weight excluding hydrogens is 311 g/mol. The maximum atomic E-state index is 12.8. The number of hydrogen-bond donors (Lipinski definition) is 3. The Bertz CT molecular complexity index is 503. The minimum Gasteiger partial charge on any atom is -0.390 e. The monoisotopic (exact) mass is 335 g/mol. The number of carbonyl (C=O) groups is 1. The standard InChI is InChI=1S/C16H24F3NO3/c1-9(10(2)16(17,18)19)12(21)20-13-3-11-4-14(22,6-13)8-15(23,5-11)7-13/h9-11,22-23H,3-8H2,1-2H3,(H,20,21). The molecule has 4 saturated carbocycles. The third-order valence-corrected chi connectivity index (χ3v) is 6.08. The number of rotatable bonds is 3. The van der Waals surface area contributed by atoms with Gasteiger partial charge >= 0.3 is 6.18 Å². The topological polar surface area (TPSA) is 69.6 Å². The van der Waals surface area contributed by atoms with Gasteiger partial charge in [-0.2, -0.15) is 13.2 Å². The van der Waals surface area contributed by atoms with Gasteiger partial charge in [-0.1, -0.05) is 13.8 Å². The molecule has 4 aliphatic rings. The van der Waals surface area contributed by atoms with Crippen molar-refractivity contribution in [3.05, 3.63) is 0 Å². The molecule has 0 aromatic rings. The van der Waals surface area contributed by atoms with Crippen LogP contribution in [0.5, 0.6) is 0 Å². The molecule has 1 amide bonds. The van der Waals surface area contributed by atoms with Gasteiger partial charge in [0.25, 0.3) is 0 Å². The third kappa shape index (κ3) is 2.97. The second-order valence-corrected chi connectivity index (χ2v) is 8.35. The van der Waals surface area contributed by atoms with Crippen LogP contribution in [-0.2, 0) is 4.79 Å². The first-order valence-electron chi connectivity index (χ1n) is 8.19. The van der Waals surface area contributed by atoms with Crippen molar-refractivity contribution < 1.29 is 28.2 Å². The molecule has 0 spiro atoms. The molecule has 7 heteroatoms. The fraction of sp³-hybridized carbons (Fsp3) is 0.938. The van der Waals surface area contributed by atoms with E-state index < -0.39 is 40.7 Å². The third-order valence-electron chi connectivity index (χ3n) is 6.08. The van der Waals surface area contributed by atoms with Crippen molar-refractivity contribution in [1.29, 1.82) is 0 Å². The van der Waals surface area contributed by atoms with Crippen LogP contribution in [0.25, 0.3) is 0 Å². The van der Waals surface area contributed by atoms with Crippen LogP contribution in [0.4, 0.5) is 13.2 Å². The van der Waals surface area contributed by atoms with Gasteiger partial charge in [-0.25, -0.2) is 0 Å². The zero-order chi connectivity index (χ0) is 17.3. The van der Waals surface area contributed by atoms with Gasteiger partial charge in [-0.05, 0) is 38.0 Å². The second-order valence-electron chi connectivity index (χ2n) is 8.35. The van der Waals surface area contributed by atoms with Crippen molar-refractivity contribution in [2.45, 2.75) is 75.3 Å². The molecule has 4 aliphatic carbocycles. The van der Waals surface area contributed by atoms with Crippen molar-refractivity contribution in [1.82, 2.24) is 5.32 Å². The lowest BCUT2D eigenvalue weighted by atomic mass is 9.49. The predicted molar refractivity (Wildman–Crippen MR) is 76.3 cm³/mol. The Kier molecular flexibility index (Phi) is 3.59. The molecule has 4 bridgehead atoms. The highest BCUT2D eigenvalue weighted by Gasteiger charge is 2.63. The lowest BCUT2D eigenvalue weighted by Gasteiger charge is -2.63. The average Bonchev–Trinajstić information content (AvgIpc) is 2.30. The number of amides is 1. The van der Waals surface area contributed by atoms with Crippen LogP contribution in [-0.4, -0.2) is 39.0 Å². The molecule has 0 aliphatic heterocycles. The lowest BCUT2D eigenvalue weighted by Crippen LogP contribution is -2.71. The highest BCUT2D eigenvalue weighted by Crippen LogP contribution is 2.59. The van der Waals surface area contributed by atoms with Crippen molar-refractivity contribution in [3.8, 4) is 0 Å². The summed E-state index contributed by atoms with van der Waals surface area (Å²) in [6.45, 7) is 2.28. The second kappa shape index (κ2) is 4.85. The van der Waals surface area contributed by atoms with Gasteiger partial charge in [0.15, 0.2) is 0 Å². The van der Waals surface area contributed by atoms with Gasteiger partial charge in [0, 0.05) is 17.9 Å². The van der Waals surface area contributed by atoms with E-state index >= 15 is 0 Å². The van der Waals surface area contributed by atoms with E-state index in [0.29, 0.717) is 38.5 Å². The molecule has 4 rings (SSSR count). The predicted octanol–water partition coefficient (Wildman–Crippen LogP) is 2.14. The molecule has 4 atom stereocenters. The first-order valence-corrected chi connectivity index (χ1v) is 8.19. The largest absolute Gasteiger partial charge is 0.392 e. The van der Waals surface area contributed by atoms with E-state index in [1.807, 2.05) is 0 Å². The van der Waals surface area contributed by atoms with E-state index in [1.165, 1.54) is 6.92 Å². The van der Waals surface area contributed by atoms with E-state index in [4.69, 9.17) is 0 Å². The summed E-state index contributed by atoms with van der Waals surface area (Å²) in [6, 6.07) is 0. The highest BCUT2D eigenvalue weighted by molar-refractivity contribution is 5.79. The summed E-state index contributed by atoms with van der Waals surface area (Å²) in [7, 11) is 0. The summed E-state index contributed by atoms with van der Waals surface area (Å²) in [5.41, 5.74) is -2.81. The summed E-state index contributed by atoms with van der Waals surface area (Å²) in [5.74, 6) is -3.48. The zero-order valence-corrected chi connectivity index (χ0v) is 13.4. The van der Waals surface area contributed by atoms with Gasteiger partial charge < -0.3 is 15.5 Å². The van der Waals surface area contributed by atoms with Crippen LogP contribution in [0.2, 0.25) is 0 Å². The van der Waals surface area contributed by atoms with E-state index in [-0.39, 0.29) is 5.92 Å². The summed E-state index contributed by atoms with van der Waals surface area (Å²) in [5, 5.41) is 24.0. The van der Waals surface area contributed by atoms with Gasteiger partial charge in [0.05, 0.1) is 17.1 Å². The average molecular weight is 335 g/mol. The minimum atomic E-state index is -4.42. The van der Waals surface area contributed by atoms with E-state index in [0.717, 1.165) is 6.92 Å². The molecule has 0 aromatic heterocycles. The van der Waals surface area contributed by atoms with Crippen LogP contribution in [0.1, 0.15) is 52.4 Å². The Morgan fingerprint density at radius 3 is 2.04 bits per heavy atom. The summed E-state index contributed by atoms with van der Waals surface area (Å²) >= 11 is 0. The number of halogens is 3. The molecule has 4 unspecified atom stereocenters. The molecule has 132 valence electrons. The Balaban J connectivity index is 1.76. The SMILES string of the molecule is CC(C(=O)NC12CC3CC(O)(CC(O)(C3)C1)C2)C(C)C(F)(F)F. The molecule has 4 fully saturated rings. The quantitative estimate of drug-likeness (QED) is 0.740. The lowest BCUT2D eigenvalue weighted by molar-refractivity contribution is -0.214. The first kappa shape index (κ1) is 17.0. The van der Waals surface area contributed by atoms with E-state index in [2.05, 4.69) is 5.32 Å². The number of hydrogen-bond acceptors (Lipinski definition) is 3. The van der Waals surface area contributed by atoms with Gasteiger partial charge in [-0.15, -0.1) is 0 Å². The van der Waals surface area contributed by atoms with Crippen molar-refractivity contribution in [2.75, 3.05) is 0 Å². The Hall–Kier alpha value is -0.820. The van der Waals surface area contributed by atoms with Crippen molar-refractivity contribution in [3.63, 3.8) is 0 Å². The highest BCUT2D eigenvalue weighted by atomic mass is 19.4. The molecule has 0 heterocycles. The smallest absolute Gasteiger partial charge is 0.390 e. The van der Waals surface area contributed by atoms with E-state index in [9.17, 15) is 28.2 Å². The van der Waals surface area contributed by atoms with Crippen LogP contribution in [0.3, 0.4) is 0 Å². The minimum absolute atomic E-state index is 0.108. The van der Waals surface area contributed by atoms with Gasteiger partial charge in [-0.3, -0.25) is 4.79 Å². The normalized spacial score (nSPS) is 44.9. The Labute approximate surface area is 133 Å². The molecule has 0 saturated heterocycles. The number of alkyl halides is 3. The van der Waals surface area contributed by atoms with Crippen LogP contribution >= 0.6 is 0 Å². The molecule has 3 N–H and O–H groups in total. The molecule has 4 nitrogen and oxygen atoms in total. The fourth-order valence-electron chi connectivity index (χ4n) is 5.36. The van der Waals surface area contributed by atoms with Gasteiger partial charge in [0.1, 0.15) is 0 Å². The van der Waals surface area contributed by atoms with E-state index in [1.54, 1.807) is 0 Å². The maximum absolute atomic E-state index is 12.8. The summed E-state index contributed by atoms with van der Waals surface area (Å²) in [6.07, 6.45) is -1.67. The molecule has 23 heavy (non-hydrogen) atoms. The summed E-state index contributed by atoms with van der Waals surface area (Å²) < 4.78 is 38.5. The van der Waals surface area contributed by atoms with Crippen molar-refractivity contribution >= 4 is 5.91 Å². The zero-order valence-electron chi connectivity index (χ0n) is 13.4. The summed E-state index contributed by atoms with van der Waals surface area (Å²) in [4.78, 5) is 12.4. The van der Waals surface area contributed by atoms with Crippen LogP contribution < -0.4 is 5.32 Å². The molecule has 0 radical (unpaired) electrons. The van der Waals surface area contributed by atoms with Gasteiger partial charge in [0.2, 0.25) is 5.91 Å².